The molecule has 126 valence electrons. The Morgan fingerprint density at radius 3 is 2.33 bits per heavy atom. The number of aryl methyl sites for hydroxylation is 1. The second-order valence-electron chi connectivity index (χ2n) is 7.18. The van der Waals surface area contributed by atoms with Crippen LogP contribution in [-0.2, 0) is 0 Å². The van der Waals surface area contributed by atoms with Crippen molar-refractivity contribution in [2.75, 3.05) is 0 Å². The molecule has 0 saturated carbocycles. The summed E-state index contributed by atoms with van der Waals surface area (Å²) in [4.78, 5) is 0. The lowest BCUT2D eigenvalue weighted by molar-refractivity contribution is 0.460. The van der Waals surface area contributed by atoms with Gasteiger partial charge in [0.2, 0.25) is 0 Å². The van der Waals surface area contributed by atoms with Crippen molar-refractivity contribution in [1.82, 2.24) is 0 Å². The molecule has 0 fully saturated rings. The highest BCUT2D eigenvalue weighted by Gasteiger charge is 2.19. The predicted octanol–water partition coefficient (Wildman–Crippen LogP) is 5.88. The van der Waals surface area contributed by atoms with Gasteiger partial charge in [-0.15, -0.1) is 0 Å². The average Bonchev–Trinajstić information content (AvgIpc) is 2.58. The number of phenolic OH excluding ortho intramolecular Hbond substituents is 2. The molecule has 2 aromatic carbocycles. The monoisotopic (exact) mass is 322 g/mol. The molecular formula is C22H26O2. The van der Waals surface area contributed by atoms with Crippen LogP contribution in [0, 0.1) is 6.92 Å². The van der Waals surface area contributed by atoms with E-state index in [0.29, 0.717) is 23.3 Å². The first kappa shape index (κ1) is 16.6. The summed E-state index contributed by atoms with van der Waals surface area (Å²) >= 11 is 0. The lowest BCUT2D eigenvalue weighted by Gasteiger charge is -2.24. The van der Waals surface area contributed by atoms with Gasteiger partial charge in [-0.3, -0.25) is 0 Å². The van der Waals surface area contributed by atoms with Gasteiger partial charge >= 0.3 is 0 Å². The standard InChI is InChI=1S/C22H26O2/c1-14(2)21-13-19(12-15(3)22(21)24)18-6-4-16(5-7-18)17-8-10-20(23)11-9-17/h6,8-14,16,23-24H,4-5,7H2,1-3H3. The molecule has 2 heteroatoms. The van der Waals surface area contributed by atoms with E-state index < -0.39 is 0 Å². The van der Waals surface area contributed by atoms with Crippen molar-refractivity contribution in [2.24, 2.45) is 0 Å². The van der Waals surface area contributed by atoms with E-state index in [4.69, 9.17) is 0 Å². The zero-order chi connectivity index (χ0) is 17.3. The summed E-state index contributed by atoms with van der Waals surface area (Å²) < 4.78 is 0. The third-order valence-corrected chi connectivity index (χ3v) is 5.10. The fourth-order valence-corrected chi connectivity index (χ4v) is 3.58. The molecule has 0 aliphatic heterocycles. The smallest absolute Gasteiger partial charge is 0.121 e. The summed E-state index contributed by atoms with van der Waals surface area (Å²) in [5.74, 6) is 1.61. The van der Waals surface area contributed by atoms with E-state index in [1.54, 1.807) is 12.1 Å². The van der Waals surface area contributed by atoms with Gasteiger partial charge in [0.05, 0.1) is 0 Å². The molecule has 0 spiro atoms. The molecule has 2 nitrogen and oxygen atoms in total. The van der Waals surface area contributed by atoms with E-state index in [9.17, 15) is 10.2 Å². The van der Waals surface area contributed by atoms with Crippen molar-refractivity contribution in [3.05, 3.63) is 64.7 Å². The molecule has 0 radical (unpaired) electrons. The molecule has 24 heavy (non-hydrogen) atoms. The van der Waals surface area contributed by atoms with Gasteiger partial charge in [-0.25, -0.2) is 0 Å². The van der Waals surface area contributed by atoms with Crippen LogP contribution >= 0.6 is 0 Å². The minimum Gasteiger partial charge on any atom is -0.508 e. The van der Waals surface area contributed by atoms with Gasteiger partial charge in [0, 0.05) is 0 Å². The Labute approximate surface area is 144 Å². The Balaban J connectivity index is 1.83. The van der Waals surface area contributed by atoms with Gasteiger partial charge in [-0.1, -0.05) is 32.1 Å². The molecule has 2 N–H and O–H groups in total. The van der Waals surface area contributed by atoms with Crippen molar-refractivity contribution in [3.8, 4) is 11.5 Å². The highest BCUT2D eigenvalue weighted by atomic mass is 16.3. The summed E-state index contributed by atoms with van der Waals surface area (Å²) in [6, 6.07) is 11.9. The van der Waals surface area contributed by atoms with Crippen molar-refractivity contribution in [3.63, 3.8) is 0 Å². The molecule has 0 amide bonds. The van der Waals surface area contributed by atoms with Gasteiger partial charge < -0.3 is 10.2 Å². The fraction of sp³-hybridized carbons (Fsp3) is 0.364. The maximum atomic E-state index is 10.3. The van der Waals surface area contributed by atoms with Crippen LogP contribution in [0.3, 0.4) is 0 Å². The van der Waals surface area contributed by atoms with Gasteiger partial charge in [0.15, 0.2) is 0 Å². The maximum absolute atomic E-state index is 10.3. The summed E-state index contributed by atoms with van der Waals surface area (Å²) in [6.07, 6.45) is 5.54. The van der Waals surface area contributed by atoms with Crippen LogP contribution < -0.4 is 0 Å². The van der Waals surface area contributed by atoms with Crippen molar-refractivity contribution in [1.29, 1.82) is 0 Å². The van der Waals surface area contributed by atoms with Gasteiger partial charge in [-0.2, -0.15) is 0 Å². The third-order valence-electron chi connectivity index (χ3n) is 5.10. The number of rotatable bonds is 3. The summed E-state index contributed by atoms with van der Waals surface area (Å²) in [5, 5.41) is 19.7. The molecule has 1 atom stereocenters. The van der Waals surface area contributed by atoms with Crippen LogP contribution in [0.25, 0.3) is 5.57 Å². The Bertz CT molecular complexity index is 754. The minimum atomic E-state index is 0.317. The summed E-state index contributed by atoms with van der Waals surface area (Å²) in [6.45, 7) is 6.22. The number of allylic oxidation sites excluding steroid dienone is 2. The number of aromatic hydroxyl groups is 2. The molecule has 1 aliphatic rings. The molecule has 1 unspecified atom stereocenters. The summed E-state index contributed by atoms with van der Waals surface area (Å²) in [5.41, 5.74) is 5.92. The normalized spacial score (nSPS) is 17.8. The molecule has 1 aliphatic carbocycles. The zero-order valence-electron chi connectivity index (χ0n) is 14.7. The lowest BCUT2D eigenvalue weighted by Crippen LogP contribution is -2.04. The maximum Gasteiger partial charge on any atom is 0.121 e. The number of benzene rings is 2. The van der Waals surface area contributed by atoms with Crippen LogP contribution in [0.1, 0.15) is 67.2 Å². The first-order valence-corrected chi connectivity index (χ1v) is 8.77. The van der Waals surface area contributed by atoms with Crippen molar-refractivity contribution >= 4 is 5.57 Å². The molecule has 0 heterocycles. The minimum absolute atomic E-state index is 0.317. The molecule has 2 aromatic rings. The van der Waals surface area contributed by atoms with Gasteiger partial charge in [0.25, 0.3) is 0 Å². The number of hydrogen-bond donors (Lipinski definition) is 2. The largest absolute Gasteiger partial charge is 0.508 e. The van der Waals surface area contributed by atoms with Crippen molar-refractivity contribution < 1.29 is 10.2 Å². The van der Waals surface area contributed by atoms with Crippen LogP contribution in [-0.4, -0.2) is 10.2 Å². The van der Waals surface area contributed by atoms with Gasteiger partial charge in [0.1, 0.15) is 11.5 Å². The first-order valence-electron chi connectivity index (χ1n) is 8.77. The molecular weight excluding hydrogens is 296 g/mol. The van der Waals surface area contributed by atoms with E-state index >= 15 is 0 Å². The third kappa shape index (κ3) is 3.33. The lowest BCUT2D eigenvalue weighted by atomic mass is 9.81. The highest BCUT2D eigenvalue weighted by Crippen LogP contribution is 2.39. The number of hydrogen-bond acceptors (Lipinski definition) is 2. The Hall–Kier alpha value is -2.22. The SMILES string of the molecule is Cc1cc(C2=CCC(c3ccc(O)cc3)CC2)cc(C(C)C)c1O. The number of phenols is 2. The average molecular weight is 322 g/mol. The van der Waals surface area contributed by atoms with E-state index in [2.05, 4.69) is 32.1 Å². The van der Waals surface area contributed by atoms with E-state index in [0.717, 1.165) is 30.4 Å². The van der Waals surface area contributed by atoms with Crippen molar-refractivity contribution in [2.45, 2.75) is 51.9 Å². The van der Waals surface area contributed by atoms with Crippen LogP contribution in [0.5, 0.6) is 11.5 Å². The second-order valence-corrected chi connectivity index (χ2v) is 7.18. The Kier molecular flexibility index (Phi) is 4.66. The second kappa shape index (κ2) is 6.72. The zero-order valence-corrected chi connectivity index (χ0v) is 14.7. The molecule has 0 aromatic heterocycles. The molecule has 0 saturated heterocycles. The van der Waals surface area contributed by atoms with Crippen LogP contribution in [0.15, 0.2) is 42.5 Å². The van der Waals surface area contributed by atoms with Crippen LogP contribution in [0.2, 0.25) is 0 Å². The van der Waals surface area contributed by atoms with E-state index in [-0.39, 0.29) is 0 Å². The topological polar surface area (TPSA) is 40.5 Å². The molecule has 0 bridgehead atoms. The Morgan fingerprint density at radius 2 is 1.75 bits per heavy atom. The summed E-state index contributed by atoms with van der Waals surface area (Å²) in [7, 11) is 0. The Morgan fingerprint density at radius 1 is 1.04 bits per heavy atom. The van der Waals surface area contributed by atoms with Gasteiger partial charge in [-0.05, 0) is 90.1 Å². The molecule has 3 rings (SSSR count). The predicted molar refractivity (Wildman–Crippen MR) is 99.6 cm³/mol. The van der Waals surface area contributed by atoms with E-state index in [1.165, 1.54) is 16.7 Å². The van der Waals surface area contributed by atoms with Crippen LogP contribution in [0.4, 0.5) is 0 Å². The fourth-order valence-electron chi connectivity index (χ4n) is 3.58. The highest BCUT2D eigenvalue weighted by molar-refractivity contribution is 5.69. The quantitative estimate of drug-likeness (QED) is 0.740. The van der Waals surface area contributed by atoms with E-state index in [1.807, 2.05) is 19.1 Å². The first-order chi connectivity index (χ1) is 11.5.